The zero-order chi connectivity index (χ0) is 21.3. The molecule has 1 saturated heterocycles. The van der Waals surface area contributed by atoms with Crippen LogP contribution in [-0.2, 0) is 4.79 Å². The molecule has 6 heteroatoms. The van der Waals surface area contributed by atoms with Crippen molar-refractivity contribution in [1.82, 2.24) is 16.0 Å². The van der Waals surface area contributed by atoms with Crippen LogP contribution in [0.2, 0.25) is 0 Å². The van der Waals surface area contributed by atoms with E-state index in [1.165, 1.54) is 24.9 Å². The molecule has 6 nitrogen and oxygen atoms in total. The molecule has 0 spiro atoms. The van der Waals surface area contributed by atoms with Crippen molar-refractivity contribution in [2.45, 2.75) is 56.9 Å². The van der Waals surface area contributed by atoms with Crippen LogP contribution in [0.4, 0.5) is 10.5 Å². The number of amides is 3. The summed E-state index contributed by atoms with van der Waals surface area (Å²) in [6, 6.07) is 10.4. The van der Waals surface area contributed by atoms with Crippen LogP contribution in [0, 0.1) is 23.7 Å². The zero-order valence-corrected chi connectivity index (χ0v) is 18.4. The highest BCUT2D eigenvalue weighted by Crippen LogP contribution is 2.55. The molecule has 3 N–H and O–H groups in total. The van der Waals surface area contributed by atoms with E-state index in [0.29, 0.717) is 25.4 Å². The van der Waals surface area contributed by atoms with Crippen LogP contribution in [0.15, 0.2) is 30.3 Å². The van der Waals surface area contributed by atoms with Gasteiger partial charge in [0.25, 0.3) is 0 Å². The number of hydrogen-bond donors (Lipinski definition) is 3. The van der Waals surface area contributed by atoms with Gasteiger partial charge in [-0.25, -0.2) is 4.79 Å². The third-order valence-corrected chi connectivity index (χ3v) is 8.05. The van der Waals surface area contributed by atoms with E-state index >= 15 is 0 Å². The highest BCUT2D eigenvalue weighted by Gasteiger charge is 2.51. The Kier molecular flexibility index (Phi) is 5.81. The molecule has 1 aliphatic heterocycles. The van der Waals surface area contributed by atoms with Crippen molar-refractivity contribution in [2.24, 2.45) is 23.7 Å². The molecule has 3 amide bonds. The fourth-order valence-corrected chi connectivity index (χ4v) is 7.06. The van der Waals surface area contributed by atoms with Gasteiger partial charge in [-0.2, -0.15) is 0 Å². The van der Waals surface area contributed by atoms with E-state index in [2.05, 4.69) is 45.1 Å². The second-order valence-electron chi connectivity index (χ2n) is 10.6. The summed E-state index contributed by atoms with van der Waals surface area (Å²) in [6.07, 6.45) is 8.98. The molecule has 1 aromatic rings. The lowest BCUT2D eigenvalue weighted by Crippen LogP contribution is -2.61. The summed E-state index contributed by atoms with van der Waals surface area (Å²) in [4.78, 5) is 27.1. The zero-order valence-electron chi connectivity index (χ0n) is 18.4. The van der Waals surface area contributed by atoms with E-state index in [0.717, 1.165) is 56.5 Å². The van der Waals surface area contributed by atoms with E-state index in [4.69, 9.17) is 0 Å². The minimum absolute atomic E-state index is 0.0215. The molecule has 1 atom stereocenters. The topological polar surface area (TPSA) is 73.5 Å². The van der Waals surface area contributed by atoms with E-state index in [-0.39, 0.29) is 17.5 Å². The van der Waals surface area contributed by atoms with E-state index in [1.807, 2.05) is 6.07 Å². The summed E-state index contributed by atoms with van der Waals surface area (Å²) in [5.41, 5.74) is 1.28. The number of urea groups is 1. The molecule has 31 heavy (non-hydrogen) atoms. The van der Waals surface area contributed by atoms with E-state index < -0.39 is 0 Å². The Morgan fingerprint density at radius 2 is 1.65 bits per heavy atom. The number of hydrogen-bond acceptors (Lipinski definition) is 3. The van der Waals surface area contributed by atoms with Gasteiger partial charge in [0.15, 0.2) is 0 Å². The van der Waals surface area contributed by atoms with Gasteiger partial charge >= 0.3 is 6.03 Å². The van der Waals surface area contributed by atoms with Crippen LogP contribution in [0.1, 0.15) is 51.4 Å². The maximum Gasteiger partial charge on any atom is 0.315 e. The first-order chi connectivity index (χ1) is 15.1. The van der Waals surface area contributed by atoms with Gasteiger partial charge in [0, 0.05) is 43.8 Å². The summed E-state index contributed by atoms with van der Waals surface area (Å²) < 4.78 is 0. The maximum absolute atomic E-state index is 12.5. The number of nitrogens with one attached hydrogen (secondary N) is 3. The number of anilines is 1. The van der Waals surface area contributed by atoms with Crippen LogP contribution < -0.4 is 20.9 Å². The van der Waals surface area contributed by atoms with Crippen LogP contribution in [-0.4, -0.2) is 43.7 Å². The maximum atomic E-state index is 12.5. The molecule has 0 radical (unpaired) electrons. The molecule has 1 heterocycles. The summed E-state index contributed by atoms with van der Waals surface area (Å²) >= 11 is 0. The molecule has 4 aliphatic carbocycles. The highest BCUT2D eigenvalue weighted by atomic mass is 16.2. The third kappa shape index (κ3) is 4.83. The predicted octanol–water partition coefficient (Wildman–Crippen LogP) is 3.29. The molecule has 1 aromatic carbocycles. The Labute approximate surface area is 185 Å². The summed E-state index contributed by atoms with van der Waals surface area (Å²) in [6.45, 7) is 3.12. The molecule has 1 unspecified atom stereocenters. The van der Waals surface area contributed by atoms with Gasteiger partial charge < -0.3 is 20.9 Å². The Bertz CT molecular complexity index is 761. The minimum Gasteiger partial charge on any atom is -0.371 e. The Morgan fingerprint density at radius 3 is 2.32 bits per heavy atom. The standard InChI is InChI=1S/C25H36N4O2/c30-23(27-16-18-7-9-29(17-18)22-4-2-1-3-5-22)6-8-26-24(31)28-25-13-19-10-20(14-25)12-21(11-19)15-25/h1-5,18-21H,6-17H2,(H,27,30)(H2,26,28,31). The average Bonchev–Trinajstić information content (AvgIpc) is 3.21. The Balaban J connectivity index is 0.986. The lowest BCUT2D eigenvalue weighted by atomic mass is 9.53. The second kappa shape index (κ2) is 8.71. The van der Waals surface area contributed by atoms with Crippen LogP contribution in [0.5, 0.6) is 0 Å². The SMILES string of the molecule is O=C(CCNC(=O)NC12CC3CC(CC(C3)C1)C2)NCC1CCN(c2ccccc2)C1. The Morgan fingerprint density at radius 1 is 0.968 bits per heavy atom. The molecule has 5 fully saturated rings. The van der Waals surface area contributed by atoms with Crippen molar-refractivity contribution in [3.63, 3.8) is 0 Å². The third-order valence-electron chi connectivity index (χ3n) is 8.05. The van der Waals surface area contributed by atoms with Crippen LogP contribution in [0.3, 0.4) is 0 Å². The predicted molar refractivity (Wildman–Crippen MR) is 122 cm³/mol. The molecule has 168 valence electrons. The largest absolute Gasteiger partial charge is 0.371 e. The van der Waals surface area contributed by atoms with Gasteiger partial charge in [0.1, 0.15) is 0 Å². The molecule has 4 bridgehead atoms. The van der Waals surface area contributed by atoms with Gasteiger partial charge in [-0.1, -0.05) is 18.2 Å². The first-order valence-electron chi connectivity index (χ1n) is 12.2. The quantitative estimate of drug-likeness (QED) is 0.629. The van der Waals surface area contributed by atoms with Crippen molar-refractivity contribution in [1.29, 1.82) is 0 Å². The van der Waals surface area contributed by atoms with Gasteiger partial charge in [-0.15, -0.1) is 0 Å². The lowest BCUT2D eigenvalue weighted by Gasteiger charge is -2.56. The average molecular weight is 425 g/mol. The smallest absolute Gasteiger partial charge is 0.315 e. The highest BCUT2D eigenvalue weighted by molar-refractivity contribution is 5.78. The van der Waals surface area contributed by atoms with Crippen LogP contribution >= 0.6 is 0 Å². The summed E-state index contributed by atoms with van der Waals surface area (Å²) in [5, 5.41) is 9.29. The fourth-order valence-electron chi connectivity index (χ4n) is 7.06. The number of nitrogens with zero attached hydrogens (tertiary/aromatic N) is 1. The first-order valence-corrected chi connectivity index (χ1v) is 12.2. The second-order valence-corrected chi connectivity index (χ2v) is 10.6. The molecule has 5 aliphatic rings. The van der Waals surface area contributed by atoms with Crippen LogP contribution in [0.25, 0.3) is 0 Å². The van der Waals surface area contributed by atoms with Gasteiger partial charge in [-0.05, 0) is 80.8 Å². The number of carbonyl (C=O) groups is 2. The van der Waals surface area contributed by atoms with Gasteiger partial charge in [-0.3, -0.25) is 4.79 Å². The number of carbonyl (C=O) groups excluding carboxylic acids is 2. The van der Waals surface area contributed by atoms with E-state index in [9.17, 15) is 9.59 Å². The molecular formula is C25H36N4O2. The summed E-state index contributed by atoms with van der Waals surface area (Å²) in [5.74, 6) is 2.94. The van der Waals surface area contributed by atoms with Crippen molar-refractivity contribution < 1.29 is 9.59 Å². The summed E-state index contributed by atoms with van der Waals surface area (Å²) in [7, 11) is 0. The Hall–Kier alpha value is -2.24. The first kappa shape index (κ1) is 20.7. The van der Waals surface area contributed by atoms with Crippen molar-refractivity contribution in [3.8, 4) is 0 Å². The number of benzene rings is 1. The fraction of sp³-hybridized carbons (Fsp3) is 0.680. The van der Waals surface area contributed by atoms with Gasteiger partial charge in [0.2, 0.25) is 5.91 Å². The van der Waals surface area contributed by atoms with Crippen molar-refractivity contribution >= 4 is 17.6 Å². The molecular weight excluding hydrogens is 388 g/mol. The normalized spacial score (nSPS) is 33.4. The molecule has 4 saturated carbocycles. The number of rotatable bonds is 7. The molecule has 6 rings (SSSR count). The lowest BCUT2D eigenvalue weighted by molar-refractivity contribution is -0.121. The monoisotopic (exact) mass is 424 g/mol. The van der Waals surface area contributed by atoms with E-state index in [1.54, 1.807) is 0 Å². The number of para-hydroxylation sites is 1. The van der Waals surface area contributed by atoms with Crippen molar-refractivity contribution in [2.75, 3.05) is 31.1 Å². The van der Waals surface area contributed by atoms with Crippen molar-refractivity contribution in [3.05, 3.63) is 30.3 Å². The van der Waals surface area contributed by atoms with Gasteiger partial charge in [0.05, 0.1) is 0 Å². The molecule has 0 aromatic heterocycles. The minimum atomic E-state index is -0.0935.